The summed E-state index contributed by atoms with van der Waals surface area (Å²) in [4.78, 5) is 26.7. The Labute approximate surface area is 161 Å². The molecule has 1 unspecified atom stereocenters. The Morgan fingerprint density at radius 3 is 2.89 bits per heavy atom. The second kappa shape index (κ2) is 8.07. The summed E-state index contributed by atoms with van der Waals surface area (Å²) in [5.74, 6) is 2.40. The second-order valence-electron chi connectivity index (χ2n) is 6.70. The lowest BCUT2D eigenvalue weighted by Crippen LogP contribution is -2.53. The van der Waals surface area contributed by atoms with Gasteiger partial charge in [-0.3, -0.25) is 9.36 Å². The first-order chi connectivity index (χ1) is 13.4. The zero-order chi connectivity index (χ0) is 20.4. The summed E-state index contributed by atoms with van der Waals surface area (Å²) in [5.41, 5.74) is 6.70. The van der Waals surface area contributed by atoms with E-state index in [4.69, 9.17) is 16.9 Å². The summed E-state index contributed by atoms with van der Waals surface area (Å²) in [6.07, 6.45) is 5.17. The molecule has 0 spiro atoms. The van der Waals surface area contributed by atoms with E-state index in [0.717, 1.165) is 0 Å². The highest BCUT2D eigenvalue weighted by Crippen LogP contribution is 2.32. The van der Waals surface area contributed by atoms with Crippen LogP contribution in [-0.2, 0) is 9.53 Å². The first-order valence-electron chi connectivity index (χ1n) is 8.67. The molecule has 5 N–H and O–H groups in total. The number of carbonyl (C=O) groups is 1. The quantitative estimate of drug-likeness (QED) is 0.410. The molecule has 0 aromatic carbocycles. The maximum absolute atomic E-state index is 12.2. The van der Waals surface area contributed by atoms with Crippen LogP contribution in [0.1, 0.15) is 12.6 Å². The Kier molecular flexibility index (Phi) is 5.76. The van der Waals surface area contributed by atoms with Gasteiger partial charge in [0, 0.05) is 20.5 Å². The van der Waals surface area contributed by atoms with Crippen LogP contribution in [-0.4, -0.2) is 80.6 Å². The topological polar surface area (TPSA) is 152 Å². The van der Waals surface area contributed by atoms with Gasteiger partial charge in [0.05, 0.1) is 25.0 Å². The van der Waals surface area contributed by atoms with E-state index in [-0.39, 0.29) is 6.42 Å². The number of terminal acetylenes is 1. The van der Waals surface area contributed by atoms with Crippen LogP contribution in [0.15, 0.2) is 12.7 Å². The number of ether oxygens (including phenoxy) is 1. The molecule has 1 saturated heterocycles. The van der Waals surface area contributed by atoms with Crippen LogP contribution in [0.3, 0.4) is 0 Å². The average molecular weight is 389 g/mol. The fourth-order valence-corrected chi connectivity index (χ4v) is 3.15. The number of nitrogens with two attached hydrogens (primary N) is 1. The van der Waals surface area contributed by atoms with E-state index < -0.39 is 43.0 Å². The average Bonchev–Trinajstić information content (AvgIpc) is 3.23. The van der Waals surface area contributed by atoms with E-state index in [2.05, 4.69) is 26.2 Å². The third kappa shape index (κ3) is 3.50. The van der Waals surface area contributed by atoms with Crippen molar-refractivity contribution in [1.29, 1.82) is 0 Å². The molecule has 1 aliphatic heterocycles. The molecule has 1 amide bonds. The van der Waals surface area contributed by atoms with Crippen LogP contribution in [0.2, 0.25) is 0 Å². The minimum absolute atomic E-state index is 0.0547. The molecule has 11 nitrogen and oxygen atoms in total. The van der Waals surface area contributed by atoms with Gasteiger partial charge in [-0.25, -0.2) is 15.0 Å². The highest BCUT2D eigenvalue weighted by Gasteiger charge is 2.46. The van der Waals surface area contributed by atoms with Crippen LogP contribution in [0, 0.1) is 12.3 Å². The fourth-order valence-electron chi connectivity index (χ4n) is 3.15. The Hall–Kier alpha value is -2.78. The molecule has 0 aliphatic carbocycles. The molecule has 2 aromatic heterocycles. The molecule has 3 heterocycles. The Morgan fingerprint density at radius 1 is 1.50 bits per heavy atom. The van der Waals surface area contributed by atoms with Crippen LogP contribution in [0.5, 0.6) is 0 Å². The zero-order valence-corrected chi connectivity index (χ0v) is 15.6. The summed E-state index contributed by atoms with van der Waals surface area (Å²) >= 11 is 0. The van der Waals surface area contributed by atoms with Gasteiger partial charge >= 0.3 is 0 Å². The predicted molar refractivity (Wildman–Crippen MR) is 100 cm³/mol. The minimum Gasteiger partial charge on any atom is -0.394 e. The van der Waals surface area contributed by atoms with Crippen molar-refractivity contribution in [1.82, 2.24) is 24.8 Å². The monoisotopic (exact) mass is 389 g/mol. The highest BCUT2D eigenvalue weighted by molar-refractivity contribution is 5.83. The number of carbonyl (C=O) groups excluding carboxylic acids is 1. The SMILES string of the molecule is C#CC[C@H](N)C(=O)NC1[C@@H](CO)O[C@@H](n2cnc3c(N(C)C)ncnc32)[C@H]1O. The number of fused-ring (bicyclic) bond motifs is 1. The third-order valence-corrected chi connectivity index (χ3v) is 4.58. The van der Waals surface area contributed by atoms with Crippen molar-refractivity contribution in [3.05, 3.63) is 12.7 Å². The molecule has 0 bridgehead atoms. The highest BCUT2D eigenvalue weighted by atomic mass is 16.5. The number of rotatable bonds is 6. The van der Waals surface area contributed by atoms with Crippen molar-refractivity contribution in [3.8, 4) is 12.3 Å². The minimum atomic E-state index is -1.17. The molecular formula is C17H23N7O4. The maximum atomic E-state index is 12.2. The van der Waals surface area contributed by atoms with Gasteiger partial charge in [-0.05, 0) is 0 Å². The maximum Gasteiger partial charge on any atom is 0.238 e. The summed E-state index contributed by atoms with van der Waals surface area (Å²) in [6, 6.07) is -1.79. The van der Waals surface area contributed by atoms with Crippen molar-refractivity contribution < 1.29 is 19.7 Å². The molecule has 150 valence electrons. The number of imidazole rings is 1. The van der Waals surface area contributed by atoms with Gasteiger partial charge in [-0.2, -0.15) is 0 Å². The van der Waals surface area contributed by atoms with Crippen molar-refractivity contribution in [3.63, 3.8) is 0 Å². The van der Waals surface area contributed by atoms with E-state index in [1.54, 1.807) is 9.47 Å². The van der Waals surface area contributed by atoms with Gasteiger partial charge < -0.3 is 30.9 Å². The lowest BCUT2D eigenvalue weighted by atomic mass is 10.1. The van der Waals surface area contributed by atoms with E-state index in [0.29, 0.717) is 17.0 Å². The molecular weight excluding hydrogens is 366 g/mol. The van der Waals surface area contributed by atoms with Crippen LogP contribution < -0.4 is 16.0 Å². The summed E-state index contributed by atoms with van der Waals surface area (Å²) in [7, 11) is 3.66. The van der Waals surface area contributed by atoms with E-state index >= 15 is 0 Å². The third-order valence-electron chi connectivity index (χ3n) is 4.58. The molecule has 28 heavy (non-hydrogen) atoms. The molecule has 5 atom stereocenters. The number of aliphatic hydroxyl groups is 2. The first-order valence-corrected chi connectivity index (χ1v) is 8.67. The van der Waals surface area contributed by atoms with Gasteiger partial charge in [0.25, 0.3) is 0 Å². The van der Waals surface area contributed by atoms with E-state index in [1.807, 2.05) is 14.1 Å². The van der Waals surface area contributed by atoms with E-state index in [1.165, 1.54) is 12.7 Å². The smallest absolute Gasteiger partial charge is 0.238 e. The lowest BCUT2D eigenvalue weighted by Gasteiger charge is -2.22. The number of hydrogen-bond donors (Lipinski definition) is 4. The molecule has 0 radical (unpaired) electrons. The largest absolute Gasteiger partial charge is 0.394 e. The van der Waals surface area contributed by atoms with Crippen molar-refractivity contribution in [2.75, 3.05) is 25.6 Å². The number of hydrogen-bond acceptors (Lipinski definition) is 9. The molecule has 0 saturated carbocycles. The molecule has 11 heteroatoms. The Balaban J connectivity index is 1.88. The van der Waals surface area contributed by atoms with Gasteiger partial charge in [0.2, 0.25) is 5.91 Å². The van der Waals surface area contributed by atoms with Crippen molar-refractivity contribution in [2.45, 2.75) is 36.9 Å². The van der Waals surface area contributed by atoms with Gasteiger partial charge in [0.15, 0.2) is 23.2 Å². The van der Waals surface area contributed by atoms with Gasteiger partial charge in [-0.1, -0.05) is 0 Å². The number of anilines is 1. The summed E-state index contributed by atoms with van der Waals surface area (Å²) < 4.78 is 7.33. The van der Waals surface area contributed by atoms with E-state index in [9.17, 15) is 15.0 Å². The number of nitrogens with zero attached hydrogens (tertiary/aromatic N) is 5. The number of aliphatic hydroxyl groups excluding tert-OH is 2. The fraction of sp³-hybridized carbons (Fsp3) is 0.529. The first kappa shape index (κ1) is 20.0. The van der Waals surface area contributed by atoms with Crippen LogP contribution in [0.4, 0.5) is 5.82 Å². The molecule has 1 aliphatic rings. The normalized spacial score (nSPS) is 25.4. The van der Waals surface area contributed by atoms with Crippen molar-refractivity contribution >= 4 is 22.9 Å². The van der Waals surface area contributed by atoms with Crippen molar-refractivity contribution in [2.24, 2.45) is 5.73 Å². The Morgan fingerprint density at radius 2 is 2.25 bits per heavy atom. The molecule has 2 aromatic rings. The van der Waals surface area contributed by atoms with Crippen LogP contribution in [0.25, 0.3) is 11.2 Å². The zero-order valence-electron chi connectivity index (χ0n) is 15.6. The molecule has 3 rings (SSSR count). The summed E-state index contributed by atoms with van der Waals surface area (Å²) in [5, 5.41) is 23.0. The van der Waals surface area contributed by atoms with Crippen LogP contribution >= 0.6 is 0 Å². The second-order valence-corrected chi connectivity index (χ2v) is 6.70. The number of amides is 1. The van der Waals surface area contributed by atoms with Gasteiger partial charge in [-0.15, -0.1) is 12.3 Å². The molecule has 1 fully saturated rings. The number of nitrogens with one attached hydrogen (secondary N) is 1. The standard InChI is InChI=1S/C17H23N7O4/c1-4-5-9(18)16(27)22-11-10(6-25)28-17(13(11)26)24-8-21-12-14(23(2)3)19-7-20-15(12)24/h1,7-11,13,17,25-26H,5-6,18H2,2-3H3,(H,22,27)/t9-,10+,11?,13-,17+/m0/s1. The number of aromatic nitrogens is 4. The Bertz CT molecular complexity index is 893. The van der Waals surface area contributed by atoms with Gasteiger partial charge in [0.1, 0.15) is 18.5 Å². The summed E-state index contributed by atoms with van der Waals surface area (Å²) in [6.45, 7) is -0.409. The lowest BCUT2D eigenvalue weighted by molar-refractivity contribution is -0.124. The predicted octanol–water partition coefficient (Wildman–Crippen LogP) is -2.02.